The molecule has 1 unspecified atom stereocenters. The second-order valence-corrected chi connectivity index (χ2v) is 11.2. The molecule has 1 aromatic carbocycles. The molecule has 196 valence electrons. The average molecular weight is 488 g/mol. The van der Waals surface area contributed by atoms with Crippen molar-refractivity contribution in [2.75, 3.05) is 14.1 Å². The smallest absolute Gasteiger partial charge is 0.331 e. The van der Waals surface area contributed by atoms with E-state index in [1.54, 1.807) is 32.0 Å². The Morgan fingerprint density at radius 1 is 1.03 bits per heavy atom. The maximum Gasteiger partial charge on any atom is 0.331 e. The van der Waals surface area contributed by atoms with Crippen LogP contribution in [0.2, 0.25) is 0 Å². The van der Waals surface area contributed by atoms with Gasteiger partial charge in [-0.15, -0.1) is 0 Å². The minimum Gasteiger partial charge on any atom is -0.478 e. The Balaban J connectivity index is 3.32. The number of carbonyl (C=O) groups is 3. The molecule has 3 N–H and O–H groups in total. The Bertz CT molecular complexity index is 901. The maximum absolute atomic E-state index is 13.8. The highest BCUT2D eigenvalue weighted by Crippen LogP contribution is 2.29. The van der Waals surface area contributed by atoms with Gasteiger partial charge in [0, 0.05) is 18.0 Å². The van der Waals surface area contributed by atoms with Gasteiger partial charge in [-0.1, -0.05) is 91.8 Å². The minimum absolute atomic E-state index is 0.0109. The molecule has 3 atom stereocenters. The van der Waals surface area contributed by atoms with Gasteiger partial charge in [-0.3, -0.25) is 9.59 Å². The monoisotopic (exact) mass is 487 g/mol. The van der Waals surface area contributed by atoms with E-state index in [2.05, 4.69) is 10.6 Å². The number of rotatable bonds is 11. The molecule has 0 fully saturated rings. The number of benzene rings is 1. The number of amides is 2. The second kappa shape index (κ2) is 12.3. The van der Waals surface area contributed by atoms with Crippen molar-refractivity contribution in [3.05, 3.63) is 47.5 Å². The van der Waals surface area contributed by atoms with Crippen molar-refractivity contribution in [2.24, 2.45) is 11.3 Å². The van der Waals surface area contributed by atoms with E-state index in [-0.39, 0.29) is 23.3 Å². The second-order valence-electron chi connectivity index (χ2n) is 11.2. The Kier molecular flexibility index (Phi) is 10.7. The van der Waals surface area contributed by atoms with E-state index in [4.69, 9.17) is 0 Å². The van der Waals surface area contributed by atoms with Crippen LogP contribution in [-0.4, -0.2) is 60.0 Å². The normalized spacial score (nSPS) is 15.3. The Morgan fingerprint density at radius 2 is 1.57 bits per heavy atom. The lowest BCUT2D eigenvalue weighted by Gasteiger charge is -2.40. The number of nitrogens with zero attached hydrogens (tertiary/aromatic N) is 1. The molecule has 0 spiro atoms. The third-order valence-corrected chi connectivity index (χ3v) is 6.70. The largest absolute Gasteiger partial charge is 0.478 e. The van der Waals surface area contributed by atoms with Crippen LogP contribution in [0.1, 0.15) is 67.4 Å². The van der Waals surface area contributed by atoms with Crippen molar-refractivity contribution in [3.8, 4) is 0 Å². The van der Waals surface area contributed by atoms with Gasteiger partial charge >= 0.3 is 5.97 Å². The van der Waals surface area contributed by atoms with Crippen LogP contribution in [0.4, 0.5) is 0 Å². The number of carbonyl (C=O) groups excluding carboxylic acids is 2. The molecule has 0 bridgehead atoms. The molecule has 35 heavy (non-hydrogen) atoms. The lowest BCUT2D eigenvalue weighted by Crippen LogP contribution is -2.61. The number of nitrogens with one attached hydrogen (secondary N) is 2. The minimum atomic E-state index is -0.986. The molecule has 7 heteroatoms. The van der Waals surface area contributed by atoms with Crippen molar-refractivity contribution >= 4 is 17.8 Å². The summed E-state index contributed by atoms with van der Waals surface area (Å²) in [4.78, 5) is 40.5. The highest BCUT2D eigenvalue weighted by molar-refractivity contribution is 5.91. The van der Waals surface area contributed by atoms with Gasteiger partial charge in [0.25, 0.3) is 0 Å². The van der Waals surface area contributed by atoms with Gasteiger partial charge in [0.05, 0.1) is 12.1 Å². The van der Waals surface area contributed by atoms with Gasteiger partial charge in [-0.2, -0.15) is 0 Å². The van der Waals surface area contributed by atoms with Crippen LogP contribution in [0.3, 0.4) is 0 Å². The quantitative estimate of drug-likeness (QED) is 0.410. The predicted molar refractivity (Wildman–Crippen MR) is 141 cm³/mol. The van der Waals surface area contributed by atoms with Crippen molar-refractivity contribution in [1.82, 2.24) is 15.5 Å². The molecular weight excluding hydrogens is 442 g/mol. The summed E-state index contributed by atoms with van der Waals surface area (Å²) in [7, 11) is 3.42. The number of carboxylic acid groups (broad SMARTS) is 1. The standard InChI is InChI=1S/C28H45N3O4/c1-11-19(26(34)35)17-21(18(2)3)31(10)25(33)23(27(4,5)6)30-24(32)22(29-9)28(7,8)20-15-13-12-14-16-20/h12-18,21-23,29H,11H2,1-10H3,(H,30,32)(H,34,35)/b19-17+/t21?,22-,23-/m1/s1. The molecule has 0 aliphatic carbocycles. The molecule has 0 radical (unpaired) electrons. The van der Waals surface area contributed by atoms with Gasteiger partial charge in [0.2, 0.25) is 11.8 Å². The zero-order valence-corrected chi connectivity index (χ0v) is 23.1. The first kappa shape index (κ1) is 30.4. The zero-order chi connectivity index (χ0) is 27.1. The zero-order valence-electron chi connectivity index (χ0n) is 23.1. The number of likely N-dealkylation sites (N-methyl/N-ethyl adjacent to an activating group) is 2. The molecule has 0 saturated carbocycles. The molecule has 7 nitrogen and oxygen atoms in total. The van der Waals surface area contributed by atoms with E-state index in [1.807, 2.05) is 78.8 Å². The fourth-order valence-corrected chi connectivity index (χ4v) is 4.38. The molecule has 0 aromatic heterocycles. The molecule has 0 aliphatic rings. The molecule has 0 aliphatic heterocycles. The molecule has 1 aromatic rings. The Labute approximate surface area is 211 Å². The number of hydrogen-bond donors (Lipinski definition) is 3. The first-order chi connectivity index (χ1) is 16.1. The SMILES string of the molecule is CC/C(=C\C(C(C)C)N(C)C(=O)[C@@H](NC(=O)[C@@H](NC)C(C)(C)c1ccccc1)C(C)(C)C)C(=O)O. The number of carboxylic acids is 1. The van der Waals surface area contributed by atoms with Crippen LogP contribution in [-0.2, 0) is 19.8 Å². The molecule has 1 rings (SSSR count). The lowest BCUT2D eigenvalue weighted by molar-refractivity contribution is -0.141. The fraction of sp³-hybridized carbons (Fsp3) is 0.607. The van der Waals surface area contributed by atoms with Crippen LogP contribution in [0.25, 0.3) is 0 Å². The molecule has 0 saturated heterocycles. The summed E-state index contributed by atoms with van der Waals surface area (Å²) in [5, 5.41) is 15.7. The van der Waals surface area contributed by atoms with Crippen LogP contribution in [0.15, 0.2) is 42.0 Å². The highest BCUT2D eigenvalue weighted by Gasteiger charge is 2.41. The summed E-state index contributed by atoms with van der Waals surface area (Å²) in [5.74, 6) is -1.52. The van der Waals surface area contributed by atoms with Crippen LogP contribution < -0.4 is 10.6 Å². The van der Waals surface area contributed by atoms with Crippen molar-refractivity contribution < 1.29 is 19.5 Å². The third kappa shape index (κ3) is 7.66. The van der Waals surface area contributed by atoms with Crippen molar-refractivity contribution in [2.45, 2.75) is 85.4 Å². The Morgan fingerprint density at radius 3 is 1.97 bits per heavy atom. The van der Waals surface area contributed by atoms with E-state index in [1.165, 1.54) is 0 Å². The highest BCUT2D eigenvalue weighted by atomic mass is 16.4. The molecular formula is C28H45N3O4. The van der Waals surface area contributed by atoms with Crippen molar-refractivity contribution in [3.63, 3.8) is 0 Å². The van der Waals surface area contributed by atoms with E-state index < -0.39 is 34.9 Å². The summed E-state index contributed by atoms with van der Waals surface area (Å²) in [6, 6.07) is 8.01. The summed E-state index contributed by atoms with van der Waals surface area (Å²) >= 11 is 0. The summed E-state index contributed by atoms with van der Waals surface area (Å²) in [6.45, 7) is 15.4. The van der Waals surface area contributed by atoms with E-state index in [0.29, 0.717) is 6.42 Å². The molecule has 0 heterocycles. The Hall–Kier alpha value is -2.67. The predicted octanol–water partition coefficient (Wildman–Crippen LogP) is 3.99. The van der Waals surface area contributed by atoms with Crippen LogP contribution in [0, 0.1) is 11.3 Å². The summed E-state index contributed by atoms with van der Waals surface area (Å²) in [5.41, 5.74) is 0.176. The first-order valence-corrected chi connectivity index (χ1v) is 12.3. The van der Waals surface area contributed by atoms with E-state index >= 15 is 0 Å². The van der Waals surface area contributed by atoms with Crippen LogP contribution >= 0.6 is 0 Å². The van der Waals surface area contributed by atoms with Gasteiger partial charge in [-0.05, 0) is 30.4 Å². The first-order valence-electron chi connectivity index (χ1n) is 12.3. The topological polar surface area (TPSA) is 98.7 Å². The van der Waals surface area contributed by atoms with E-state index in [0.717, 1.165) is 5.56 Å². The third-order valence-electron chi connectivity index (χ3n) is 6.70. The average Bonchev–Trinajstić information content (AvgIpc) is 2.76. The molecule has 2 amide bonds. The van der Waals surface area contributed by atoms with Gasteiger partial charge in [0.15, 0.2) is 0 Å². The fourth-order valence-electron chi connectivity index (χ4n) is 4.38. The number of aliphatic carboxylic acids is 1. The van der Waals surface area contributed by atoms with Gasteiger partial charge in [0.1, 0.15) is 6.04 Å². The lowest BCUT2D eigenvalue weighted by atomic mass is 9.76. The maximum atomic E-state index is 13.8. The van der Waals surface area contributed by atoms with Gasteiger partial charge < -0.3 is 20.6 Å². The summed E-state index contributed by atoms with van der Waals surface area (Å²) in [6.07, 6.45) is 2.01. The summed E-state index contributed by atoms with van der Waals surface area (Å²) < 4.78 is 0. The number of hydrogen-bond acceptors (Lipinski definition) is 4. The van der Waals surface area contributed by atoms with Crippen LogP contribution in [0.5, 0.6) is 0 Å². The van der Waals surface area contributed by atoms with E-state index in [9.17, 15) is 19.5 Å². The van der Waals surface area contributed by atoms with Gasteiger partial charge in [-0.25, -0.2) is 4.79 Å². The van der Waals surface area contributed by atoms with Crippen molar-refractivity contribution in [1.29, 1.82) is 0 Å².